The van der Waals surface area contributed by atoms with Crippen molar-refractivity contribution < 1.29 is 19.4 Å². The molecule has 0 aromatic carbocycles. The van der Waals surface area contributed by atoms with Gasteiger partial charge in [-0.3, -0.25) is 9.59 Å². The molecule has 0 saturated heterocycles. The summed E-state index contributed by atoms with van der Waals surface area (Å²) in [4.78, 5) is 23.0. The van der Waals surface area contributed by atoms with Crippen molar-refractivity contribution in [1.29, 1.82) is 0 Å². The number of aliphatic carboxylic acids is 1. The third-order valence-electron chi connectivity index (χ3n) is 7.00. The highest BCUT2D eigenvalue weighted by atomic mass is 16.5. The number of unbranched alkanes of at least 4 members (excludes halogenated alkanes) is 19. The van der Waals surface area contributed by atoms with Crippen LogP contribution in [0.3, 0.4) is 0 Å². The van der Waals surface area contributed by atoms with Gasteiger partial charge in [-0.25, -0.2) is 0 Å². The smallest absolute Gasteiger partial charge is 0.309 e. The van der Waals surface area contributed by atoms with Gasteiger partial charge in [-0.2, -0.15) is 0 Å². The van der Waals surface area contributed by atoms with E-state index < -0.39 is 11.9 Å². The molecule has 0 aromatic heterocycles. The standard InChI is InChI=1S/C32H60O4/c1-3-5-6-7-8-9-10-11-12-13-14-15-16-17-18-19-20-21-22-23-24-25-26-27-30(29-31(33)34)32(35)36-28-4-2/h6-7,30H,3-5,8-29H2,1-2H3,(H,33,34)/b7-6+. The van der Waals surface area contributed by atoms with Crippen LogP contribution < -0.4 is 0 Å². The van der Waals surface area contributed by atoms with Gasteiger partial charge in [0.15, 0.2) is 0 Å². The monoisotopic (exact) mass is 508 g/mol. The Balaban J connectivity index is 3.36. The Bertz CT molecular complexity index is 514. The minimum Gasteiger partial charge on any atom is -0.481 e. The van der Waals surface area contributed by atoms with Gasteiger partial charge in [0.05, 0.1) is 18.9 Å². The van der Waals surface area contributed by atoms with Crippen molar-refractivity contribution in [3.63, 3.8) is 0 Å². The van der Waals surface area contributed by atoms with Gasteiger partial charge in [0.2, 0.25) is 0 Å². The normalized spacial score (nSPS) is 12.3. The van der Waals surface area contributed by atoms with Crippen LogP contribution in [0.4, 0.5) is 0 Å². The van der Waals surface area contributed by atoms with Crippen LogP contribution in [0.2, 0.25) is 0 Å². The van der Waals surface area contributed by atoms with Crippen molar-refractivity contribution in [3.8, 4) is 0 Å². The van der Waals surface area contributed by atoms with E-state index in [1.807, 2.05) is 6.92 Å². The molecule has 0 aromatic rings. The summed E-state index contributed by atoms with van der Waals surface area (Å²) in [5, 5.41) is 9.03. The van der Waals surface area contributed by atoms with Gasteiger partial charge in [-0.05, 0) is 32.1 Å². The Labute approximate surface area is 224 Å². The molecule has 0 amide bonds. The summed E-state index contributed by atoms with van der Waals surface area (Å²) >= 11 is 0. The second-order valence-corrected chi connectivity index (χ2v) is 10.7. The summed E-state index contributed by atoms with van der Waals surface area (Å²) in [5.74, 6) is -1.74. The Kier molecular flexibility index (Phi) is 27.2. The Morgan fingerprint density at radius 1 is 0.611 bits per heavy atom. The van der Waals surface area contributed by atoms with Gasteiger partial charge in [0, 0.05) is 0 Å². The molecular weight excluding hydrogens is 448 g/mol. The van der Waals surface area contributed by atoms with Crippen LogP contribution in [0.25, 0.3) is 0 Å². The van der Waals surface area contributed by atoms with Crippen molar-refractivity contribution in [1.82, 2.24) is 0 Å². The molecule has 0 spiro atoms. The maximum absolute atomic E-state index is 12.0. The topological polar surface area (TPSA) is 63.6 Å². The zero-order chi connectivity index (χ0) is 26.5. The van der Waals surface area contributed by atoms with Crippen LogP contribution in [-0.4, -0.2) is 23.7 Å². The van der Waals surface area contributed by atoms with E-state index in [1.54, 1.807) is 0 Å². The number of hydrogen-bond acceptors (Lipinski definition) is 3. The molecule has 0 aliphatic carbocycles. The third kappa shape index (κ3) is 25.8. The SMILES string of the molecule is CCC/C=C/CCCCCCCCCCCCCCCCCCCCC(CC(=O)O)C(=O)OCCC. The number of hydrogen-bond donors (Lipinski definition) is 1. The molecule has 1 atom stereocenters. The largest absolute Gasteiger partial charge is 0.481 e. The molecule has 1 unspecified atom stereocenters. The Morgan fingerprint density at radius 3 is 1.44 bits per heavy atom. The van der Waals surface area contributed by atoms with Crippen molar-refractivity contribution in [2.45, 2.75) is 168 Å². The Hall–Kier alpha value is -1.32. The van der Waals surface area contributed by atoms with E-state index in [2.05, 4.69) is 19.1 Å². The van der Waals surface area contributed by atoms with E-state index in [1.165, 1.54) is 122 Å². The fraction of sp³-hybridized carbons (Fsp3) is 0.875. The van der Waals surface area contributed by atoms with Crippen molar-refractivity contribution in [2.75, 3.05) is 6.61 Å². The molecule has 0 heterocycles. The molecule has 0 saturated carbocycles. The lowest BCUT2D eigenvalue weighted by molar-refractivity contribution is -0.153. The van der Waals surface area contributed by atoms with E-state index in [4.69, 9.17) is 9.84 Å². The molecule has 0 fully saturated rings. The number of allylic oxidation sites excluding steroid dienone is 2. The predicted molar refractivity (Wildman–Crippen MR) is 153 cm³/mol. The van der Waals surface area contributed by atoms with Gasteiger partial charge in [0.1, 0.15) is 0 Å². The van der Waals surface area contributed by atoms with Gasteiger partial charge in [-0.15, -0.1) is 0 Å². The van der Waals surface area contributed by atoms with E-state index in [9.17, 15) is 9.59 Å². The fourth-order valence-electron chi connectivity index (χ4n) is 4.72. The number of rotatable bonds is 28. The van der Waals surface area contributed by atoms with Crippen LogP contribution in [0.1, 0.15) is 168 Å². The van der Waals surface area contributed by atoms with E-state index >= 15 is 0 Å². The molecule has 0 aliphatic heterocycles. The lowest BCUT2D eigenvalue weighted by atomic mass is 9.97. The molecular formula is C32H60O4. The van der Waals surface area contributed by atoms with Crippen LogP contribution in [0.15, 0.2) is 12.2 Å². The van der Waals surface area contributed by atoms with Crippen molar-refractivity contribution >= 4 is 11.9 Å². The predicted octanol–water partition coefficient (Wildman–Crippen LogP) is 10.2. The van der Waals surface area contributed by atoms with Gasteiger partial charge in [-0.1, -0.05) is 142 Å². The van der Waals surface area contributed by atoms with Gasteiger partial charge in [0.25, 0.3) is 0 Å². The fourth-order valence-corrected chi connectivity index (χ4v) is 4.72. The highest BCUT2D eigenvalue weighted by Crippen LogP contribution is 2.18. The summed E-state index contributed by atoms with van der Waals surface area (Å²) in [7, 11) is 0. The summed E-state index contributed by atoms with van der Waals surface area (Å²) in [6.07, 6.45) is 33.6. The minimum atomic E-state index is -0.916. The minimum absolute atomic E-state index is 0.111. The van der Waals surface area contributed by atoms with Crippen LogP contribution >= 0.6 is 0 Å². The van der Waals surface area contributed by atoms with Crippen LogP contribution in [0, 0.1) is 5.92 Å². The quantitative estimate of drug-likeness (QED) is 0.0648. The van der Waals surface area contributed by atoms with Gasteiger partial charge >= 0.3 is 11.9 Å². The first-order valence-electron chi connectivity index (χ1n) is 15.6. The summed E-state index contributed by atoms with van der Waals surface area (Å²) < 4.78 is 5.15. The number of carboxylic acid groups (broad SMARTS) is 1. The van der Waals surface area contributed by atoms with Gasteiger partial charge < -0.3 is 9.84 Å². The van der Waals surface area contributed by atoms with E-state index in [0.29, 0.717) is 13.0 Å². The van der Waals surface area contributed by atoms with Crippen molar-refractivity contribution in [3.05, 3.63) is 12.2 Å². The molecule has 0 bridgehead atoms. The third-order valence-corrected chi connectivity index (χ3v) is 7.00. The number of carboxylic acids is 1. The maximum Gasteiger partial charge on any atom is 0.309 e. The molecule has 0 aliphatic rings. The number of carbonyl (C=O) groups excluding carboxylic acids is 1. The van der Waals surface area contributed by atoms with Crippen LogP contribution in [0.5, 0.6) is 0 Å². The zero-order valence-electron chi connectivity index (χ0n) is 24.1. The first kappa shape index (κ1) is 34.7. The number of esters is 1. The maximum atomic E-state index is 12.0. The Morgan fingerprint density at radius 2 is 1.03 bits per heavy atom. The molecule has 1 N–H and O–H groups in total. The first-order valence-corrected chi connectivity index (χ1v) is 15.6. The first-order chi connectivity index (χ1) is 17.6. The molecule has 4 heteroatoms. The average Bonchev–Trinajstić information content (AvgIpc) is 2.86. The molecule has 0 rings (SSSR count). The lowest BCUT2D eigenvalue weighted by Crippen LogP contribution is -2.21. The number of carbonyl (C=O) groups is 2. The average molecular weight is 509 g/mol. The summed E-state index contributed by atoms with van der Waals surface area (Å²) in [5.41, 5.74) is 0. The summed E-state index contributed by atoms with van der Waals surface area (Å²) in [6, 6.07) is 0. The van der Waals surface area contributed by atoms with E-state index in [-0.39, 0.29) is 12.4 Å². The lowest BCUT2D eigenvalue weighted by Gasteiger charge is -2.13. The second kappa shape index (κ2) is 28.3. The zero-order valence-corrected chi connectivity index (χ0v) is 24.1. The number of ether oxygens (including phenoxy) is 1. The van der Waals surface area contributed by atoms with Crippen molar-refractivity contribution in [2.24, 2.45) is 5.92 Å². The molecule has 0 radical (unpaired) electrons. The van der Waals surface area contributed by atoms with E-state index in [0.717, 1.165) is 19.3 Å². The molecule has 4 nitrogen and oxygen atoms in total. The van der Waals surface area contributed by atoms with Crippen LogP contribution in [-0.2, 0) is 14.3 Å². The molecule has 212 valence electrons. The second-order valence-electron chi connectivity index (χ2n) is 10.7. The highest BCUT2D eigenvalue weighted by Gasteiger charge is 2.22. The molecule has 36 heavy (non-hydrogen) atoms. The highest BCUT2D eigenvalue weighted by molar-refractivity contribution is 5.79. The summed E-state index contributed by atoms with van der Waals surface area (Å²) in [6.45, 7) is 4.56.